The lowest BCUT2D eigenvalue weighted by Gasteiger charge is -2.06. The molecule has 6 nitrogen and oxygen atoms in total. The molecule has 5 rings (SSSR count). The zero-order chi connectivity index (χ0) is 24.0. The molecule has 2 N–H and O–H groups in total. The van der Waals surface area contributed by atoms with Gasteiger partial charge in [0.05, 0.1) is 11.8 Å². The molecule has 0 saturated heterocycles. The quantitative estimate of drug-likeness (QED) is 0.252. The van der Waals surface area contributed by atoms with Gasteiger partial charge in [-0.3, -0.25) is 15.1 Å². The van der Waals surface area contributed by atoms with E-state index < -0.39 is 0 Å². The molecule has 0 aliphatic heterocycles. The second kappa shape index (κ2) is 11.8. The van der Waals surface area contributed by atoms with Crippen LogP contribution < -0.4 is 15.4 Å². The predicted molar refractivity (Wildman–Crippen MR) is 148 cm³/mol. The smallest absolute Gasteiger partial charge is 0.257 e. The number of methoxy groups -OCH3 is 1. The number of anilines is 1. The Hall–Kier alpha value is -3.78. The Morgan fingerprint density at radius 2 is 1.58 bits per heavy atom. The molecule has 0 spiro atoms. The van der Waals surface area contributed by atoms with Crippen LogP contribution >= 0.6 is 23.7 Å². The van der Waals surface area contributed by atoms with Crippen molar-refractivity contribution in [3.8, 4) is 16.9 Å². The molecule has 8 heteroatoms. The van der Waals surface area contributed by atoms with Gasteiger partial charge < -0.3 is 10.1 Å². The number of pyridine rings is 1. The lowest BCUT2D eigenvalue weighted by atomic mass is 10.1. The highest BCUT2D eigenvalue weighted by Gasteiger charge is 2.16. The maximum atomic E-state index is 12.9. The number of aromatic nitrogens is 2. The summed E-state index contributed by atoms with van der Waals surface area (Å²) in [5.74, 6) is 0.487. The summed E-state index contributed by atoms with van der Waals surface area (Å²) in [7, 11) is 1.63. The fourth-order valence-corrected chi connectivity index (χ4v) is 4.85. The van der Waals surface area contributed by atoms with Crippen LogP contribution in [0.2, 0.25) is 0 Å². The molecular formula is C28H25ClN4O2S. The van der Waals surface area contributed by atoms with Crippen LogP contribution in [0.4, 0.5) is 5.13 Å². The van der Waals surface area contributed by atoms with Gasteiger partial charge in [0.1, 0.15) is 11.3 Å². The summed E-state index contributed by atoms with van der Waals surface area (Å²) in [5.41, 5.74) is 5.76. The summed E-state index contributed by atoms with van der Waals surface area (Å²) in [6, 6.07) is 25.6. The first kappa shape index (κ1) is 25.3. The maximum Gasteiger partial charge on any atom is 0.257 e. The van der Waals surface area contributed by atoms with E-state index in [9.17, 15) is 4.79 Å². The minimum absolute atomic E-state index is 0. The van der Waals surface area contributed by atoms with E-state index in [0.29, 0.717) is 23.0 Å². The van der Waals surface area contributed by atoms with Crippen molar-refractivity contribution in [3.63, 3.8) is 0 Å². The number of hydrogen-bond acceptors (Lipinski definition) is 6. The first-order chi connectivity index (χ1) is 17.2. The fourth-order valence-electron chi connectivity index (χ4n) is 3.84. The molecule has 2 aromatic heterocycles. The standard InChI is InChI=1S/C28H24N4O2S.ClH/c1-34-24-12-11-23(21-5-3-2-4-6-21)26-25(24)31-28(35-26)32-27(33)22-9-7-19(8-10-22)17-30-18-20-13-15-29-16-14-20;/h2-16,30H,17-18H2,1H3,(H,31,32,33);1H. The number of hydrogen-bond donors (Lipinski definition) is 2. The lowest BCUT2D eigenvalue weighted by molar-refractivity contribution is 0.102. The molecular weight excluding hydrogens is 492 g/mol. The molecule has 0 radical (unpaired) electrons. The number of carbonyl (C=O) groups excluding carboxylic acids is 1. The van der Waals surface area contributed by atoms with E-state index in [1.165, 1.54) is 16.9 Å². The topological polar surface area (TPSA) is 76.1 Å². The first-order valence-corrected chi connectivity index (χ1v) is 12.1. The number of rotatable bonds is 8. The second-order valence-electron chi connectivity index (χ2n) is 7.99. The van der Waals surface area contributed by atoms with E-state index in [4.69, 9.17) is 4.74 Å². The number of thiazole rings is 1. The van der Waals surface area contributed by atoms with E-state index in [1.807, 2.05) is 66.7 Å². The third-order valence-corrected chi connectivity index (χ3v) is 6.66. The summed E-state index contributed by atoms with van der Waals surface area (Å²) in [6.45, 7) is 1.47. The number of amides is 1. The highest BCUT2D eigenvalue weighted by Crippen LogP contribution is 2.39. The molecule has 182 valence electrons. The van der Waals surface area contributed by atoms with Crippen molar-refractivity contribution in [2.45, 2.75) is 13.1 Å². The van der Waals surface area contributed by atoms with E-state index in [0.717, 1.165) is 33.5 Å². The van der Waals surface area contributed by atoms with Gasteiger partial charge >= 0.3 is 0 Å². The molecule has 0 fully saturated rings. The maximum absolute atomic E-state index is 12.9. The Labute approximate surface area is 219 Å². The highest BCUT2D eigenvalue weighted by atomic mass is 35.5. The van der Waals surface area contributed by atoms with Crippen molar-refractivity contribution in [3.05, 3.63) is 108 Å². The minimum atomic E-state index is -0.194. The number of benzene rings is 3. The van der Waals surface area contributed by atoms with Gasteiger partial charge in [-0.2, -0.15) is 0 Å². The van der Waals surface area contributed by atoms with E-state index in [1.54, 1.807) is 19.5 Å². The van der Waals surface area contributed by atoms with E-state index >= 15 is 0 Å². The van der Waals surface area contributed by atoms with Crippen LogP contribution in [0, 0.1) is 0 Å². The number of nitrogens with zero attached hydrogens (tertiary/aromatic N) is 2. The Balaban J connectivity index is 0.00000304. The molecule has 0 aliphatic carbocycles. The third-order valence-electron chi connectivity index (χ3n) is 5.66. The van der Waals surface area contributed by atoms with Crippen LogP contribution in [0.1, 0.15) is 21.5 Å². The summed E-state index contributed by atoms with van der Waals surface area (Å²) in [6.07, 6.45) is 3.57. The SMILES string of the molecule is COc1ccc(-c2ccccc2)c2sc(NC(=O)c3ccc(CNCc4ccncc4)cc3)nc12.Cl. The van der Waals surface area contributed by atoms with Crippen molar-refractivity contribution in [2.24, 2.45) is 0 Å². The minimum Gasteiger partial charge on any atom is -0.494 e. The Morgan fingerprint density at radius 3 is 2.28 bits per heavy atom. The van der Waals surface area contributed by atoms with Gasteiger partial charge in [0.2, 0.25) is 0 Å². The van der Waals surface area contributed by atoms with Crippen LogP contribution in [0.3, 0.4) is 0 Å². The summed E-state index contributed by atoms with van der Waals surface area (Å²) in [4.78, 5) is 21.6. The van der Waals surface area contributed by atoms with E-state index in [-0.39, 0.29) is 18.3 Å². The van der Waals surface area contributed by atoms with Crippen LogP contribution in [-0.4, -0.2) is 23.0 Å². The average molecular weight is 517 g/mol. The number of ether oxygens (including phenoxy) is 1. The zero-order valence-corrected chi connectivity index (χ0v) is 21.2. The normalized spacial score (nSPS) is 10.6. The van der Waals surface area contributed by atoms with Crippen molar-refractivity contribution in [1.82, 2.24) is 15.3 Å². The Kier molecular flexibility index (Phi) is 8.28. The van der Waals surface area contributed by atoms with Gasteiger partial charge in [-0.15, -0.1) is 12.4 Å². The predicted octanol–water partition coefficient (Wildman–Crippen LogP) is 6.33. The number of halogens is 1. The summed E-state index contributed by atoms with van der Waals surface area (Å²) >= 11 is 1.45. The highest BCUT2D eigenvalue weighted by molar-refractivity contribution is 7.23. The Morgan fingerprint density at radius 1 is 0.889 bits per heavy atom. The zero-order valence-electron chi connectivity index (χ0n) is 19.6. The van der Waals surface area contributed by atoms with Crippen molar-refractivity contribution >= 4 is 45.0 Å². The van der Waals surface area contributed by atoms with Crippen molar-refractivity contribution < 1.29 is 9.53 Å². The number of carbonyl (C=O) groups is 1. The molecule has 2 heterocycles. The molecule has 1 amide bonds. The van der Waals surface area contributed by atoms with Gasteiger partial charge in [0.15, 0.2) is 5.13 Å². The number of fused-ring (bicyclic) bond motifs is 1. The van der Waals surface area contributed by atoms with Crippen molar-refractivity contribution in [2.75, 3.05) is 12.4 Å². The van der Waals surface area contributed by atoms with Crippen LogP contribution in [0.15, 0.2) is 91.3 Å². The van der Waals surface area contributed by atoms with Gasteiger partial charge in [0.25, 0.3) is 5.91 Å². The molecule has 0 bridgehead atoms. The first-order valence-electron chi connectivity index (χ1n) is 11.2. The second-order valence-corrected chi connectivity index (χ2v) is 8.99. The van der Waals surface area contributed by atoms with Crippen LogP contribution in [0.5, 0.6) is 5.75 Å². The van der Waals surface area contributed by atoms with Gasteiger partial charge in [-0.05, 0) is 53.1 Å². The summed E-state index contributed by atoms with van der Waals surface area (Å²) in [5, 5.41) is 6.89. The van der Waals surface area contributed by atoms with Crippen molar-refractivity contribution in [1.29, 1.82) is 0 Å². The third kappa shape index (κ3) is 5.71. The fraction of sp³-hybridized carbons (Fsp3) is 0.107. The molecule has 0 unspecified atom stereocenters. The molecule has 0 atom stereocenters. The molecule has 3 aromatic carbocycles. The molecule has 0 saturated carbocycles. The molecule has 5 aromatic rings. The number of nitrogens with one attached hydrogen (secondary N) is 2. The molecule has 0 aliphatic rings. The summed E-state index contributed by atoms with van der Waals surface area (Å²) < 4.78 is 6.49. The van der Waals surface area contributed by atoms with Crippen LogP contribution in [0.25, 0.3) is 21.3 Å². The monoisotopic (exact) mass is 516 g/mol. The van der Waals surface area contributed by atoms with Crippen LogP contribution in [-0.2, 0) is 13.1 Å². The van der Waals surface area contributed by atoms with Gasteiger partial charge in [0, 0.05) is 36.6 Å². The molecule has 36 heavy (non-hydrogen) atoms. The average Bonchev–Trinajstić information content (AvgIpc) is 3.33. The lowest BCUT2D eigenvalue weighted by Crippen LogP contribution is -2.14. The van der Waals surface area contributed by atoms with E-state index in [2.05, 4.69) is 32.7 Å². The van der Waals surface area contributed by atoms with Gasteiger partial charge in [-0.1, -0.05) is 53.8 Å². The van der Waals surface area contributed by atoms with Gasteiger partial charge in [-0.25, -0.2) is 4.98 Å². The largest absolute Gasteiger partial charge is 0.494 e. The Bertz CT molecular complexity index is 1440.